The number of carbonyl (C=O) groups is 1. The van der Waals surface area contributed by atoms with Crippen molar-refractivity contribution >= 4 is 34.9 Å². The van der Waals surface area contributed by atoms with Gasteiger partial charge >= 0.3 is 0 Å². The maximum absolute atomic E-state index is 12.2. The van der Waals surface area contributed by atoms with Crippen LogP contribution in [0.15, 0.2) is 24.5 Å². The van der Waals surface area contributed by atoms with Crippen LogP contribution < -0.4 is 14.8 Å². The van der Waals surface area contributed by atoms with Crippen LogP contribution in [0, 0.1) is 0 Å². The third-order valence-electron chi connectivity index (χ3n) is 2.59. The van der Waals surface area contributed by atoms with E-state index in [1.54, 1.807) is 18.2 Å². The summed E-state index contributed by atoms with van der Waals surface area (Å²) in [7, 11) is 3.00. The molecule has 1 aromatic heterocycles. The Labute approximate surface area is 131 Å². The van der Waals surface area contributed by atoms with E-state index < -0.39 is 5.91 Å². The van der Waals surface area contributed by atoms with Gasteiger partial charge in [0.1, 0.15) is 22.8 Å². The van der Waals surface area contributed by atoms with E-state index in [1.165, 1.54) is 20.5 Å². The predicted molar refractivity (Wildman–Crippen MR) is 79.6 cm³/mol. The molecular weight excluding hydrogens is 317 g/mol. The lowest BCUT2D eigenvalue weighted by molar-refractivity contribution is 0.102. The standard InChI is InChI=1S/C13H11Cl2N3O3/c1-20-8-3-7(4-9(5-8)21-2)13(19)18-12-10(14)11(15)16-6-17-12/h3-6H,1-2H3,(H,16,17,18,19). The van der Waals surface area contributed by atoms with E-state index in [4.69, 9.17) is 32.7 Å². The Morgan fingerprint density at radius 2 is 1.71 bits per heavy atom. The van der Waals surface area contributed by atoms with Gasteiger partial charge in [0.2, 0.25) is 0 Å². The second-order valence-corrected chi connectivity index (χ2v) is 4.62. The second kappa shape index (κ2) is 6.60. The van der Waals surface area contributed by atoms with Crippen LogP contribution in [0.5, 0.6) is 11.5 Å². The van der Waals surface area contributed by atoms with Crippen LogP contribution in [0.3, 0.4) is 0 Å². The molecule has 1 aromatic carbocycles. The zero-order chi connectivity index (χ0) is 15.4. The summed E-state index contributed by atoms with van der Waals surface area (Å²) in [5, 5.41) is 2.68. The number of methoxy groups -OCH3 is 2. The molecular formula is C13H11Cl2N3O3. The monoisotopic (exact) mass is 327 g/mol. The molecule has 0 radical (unpaired) electrons. The average Bonchev–Trinajstić information content (AvgIpc) is 2.51. The lowest BCUT2D eigenvalue weighted by Gasteiger charge is -2.09. The van der Waals surface area contributed by atoms with Gasteiger partial charge in [-0.1, -0.05) is 23.2 Å². The van der Waals surface area contributed by atoms with E-state index in [2.05, 4.69) is 15.3 Å². The lowest BCUT2D eigenvalue weighted by Crippen LogP contribution is -2.14. The number of carbonyl (C=O) groups excluding carboxylic acids is 1. The molecule has 2 aromatic rings. The molecule has 0 spiro atoms. The minimum atomic E-state index is -0.427. The quantitative estimate of drug-likeness (QED) is 0.873. The molecule has 0 aliphatic carbocycles. The van der Waals surface area contributed by atoms with Crippen LogP contribution in [0.1, 0.15) is 10.4 Å². The van der Waals surface area contributed by atoms with Gasteiger partial charge in [-0.15, -0.1) is 0 Å². The maximum atomic E-state index is 12.2. The summed E-state index contributed by atoms with van der Waals surface area (Å²) < 4.78 is 10.2. The molecule has 0 atom stereocenters. The van der Waals surface area contributed by atoms with Crippen LogP contribution >= 0.6 is 23.2 Å². The predicted octanol–water partition coefficient (Wildman–Crippen LogP) is 3.05. The molecule has 6 nitrogen and oxygen atoms in total. The Kier molecular flexibility index (Phi) is 4.82. The van der Waals surface area contributed by atoms with Gasteiger partial charge in [0, 0.05) is 11.6 Å². The van der Waals surface area contributed by atoms with Crippen LogP contribution in [0.2, 0.25) is 10.2 Å². The van der Waals surface area contributed by atoms with E-state index in [0.717, 1.165) is 0 Å². The third-order valence-corrected chi connectivity index (χ3v) is 3.33. The highest BCUT2D eigenvalue weighted by Gasteiger charge is 2.14. The molecule has 21 heavy (non-hydrogen) atoms. The zero-order valence-electron chi connectivity index (χ0n) is 11.2. The van der Waals surface area contributed by atoms with E-state index in [0.29, 0.717) is 17.1 Å². The third kappa shape index (κ3) is 3.53. The van der Waals surface area contributed by atoms with Gasteiger partial charge in [0.25, 0.3) is 5.91 Å². The summed E-state index contributed by atoms with van der Waals surface area (Å²) in [6.07, 6.45) is 1.20. The van der Waals surface area contributed by atoms with Crippen LogP contribution in [-0.4, -0.2) is 30.1 Å². The maximum Gasteiger partial charge on any atom is 0.257 e. The molecule has 0 aliphatic heterocycles. The Balaban J connectivity index is 2.30. The number of aromatic nitrogens is 2. The smallest absolute Gasteiger partial charge is 0.257 e. The summed E-state index contributed by atoms with van der Waals surface area (Å²) in [5.41, 5.74) is 0.331. The lowest BCUT2D eigenvalue weighted by atomic mass is 10.2. The zero-order valence-corrected chi connectivity index (χ0v) is 12.7. The molecule has 110 valence electrons. The largest absolute Gasteiger partial charge is 0.497 e. The molecule has 2 rings (SSSR count). The first-order valence-corrected chi connectivity index (χ1v) is 6.51. The number of benzene rings is 1. The first-order chi connectivity index (χ1) is 10.0. The van der Waals surface area contributed by atoms with Crippen LogP contribution in [0.4, 0.5) is 5.82 Å². The van der Waals surface area contributed by atoms with Crippen molar-refractivity contribution in [3.8, 4) is 11.5 Å². The summed E-state index contributed by atoms with van der Waals surface area (Å²) in [5.74, 6) is 0.685. The highest BCUT2D eigenvalue weighted by Crippen LogP contribution is 2.27. The Morgan fingerprint density at radius 3 is 2.29 bits per heavy atom. The van der Waals surface area contributed by atoms with Gasteiger partial charge in [0.15, 0.2) is 11.0 Å². The molecule has 0 saturated carbocycles. The SMILES string of the molecule is COc1cc(OC)cc(C(=O)Nc2ncnc(Cl)c2Cl)c1. The number of ether oxygens (including phenoxy) is 2. The number of hydrogen-bond donors (Lipinski definition) is 1. The molecule has 8 heteroatoms. The first-order valence-electron chi connectivity index (χ1n) is 5.75. The molecule has 1 N–H and O–H groups in total. The molecule has 1 amide bonds. The molecule has 1 heterocycles. The fourth-order valence-electron chi connectivity index (χ4n) is 1.55. The number of amides is 1. The van der Waals surface area contributed by atoms with Gasteiger partial charge < -0.3 is 14.8 Å². The van der Waals surface area contributed by atoms with E-state index in [-0.39, 0.29) is 16.0 Å². The van der Waals surface area contributed by atoms with Crippen molar-refractivity contribution in [2.75, 3.05) is 19.5 Å². The molecule has 0 saturated heterocycles. The minimum absolute atomic E-state index is 0.0604. The number of rotatable bonds is 4. The molecule has 0 fully saturated rings. The Morgan fingerprint density at radius 1 is 1.10 bits per heavy atom. The van der Waals surface area contributed by atoms with Gasteiger partial charge in [-0.25, -0.2) is 9.97 Å². The molecule has 0 aliphatic rings. The van der Waals surface area contributed by atoms with Crippen molar-refractivity contribution in [3.63, 3.8) is 0 Å². The van der Waals surface area contributed by atoms with Gasteiger partial charge in [-0.3, -0.25) is 4.79 Å². The summed E-state index contributed by atoms with van der Waals surface area (Å²) in [4.78, 5) is 19.8. The number of hydrogen-bond acceptors (Lipinski definition) is 5. The van der Waals surface area contributed by atoms with Gasteiger partial charge in [-0.05, 0) is 12.1 Å². The van der Waals surface area contributed by atoms with Gasteiger partial charge in [-0.2, -0.15) is 0 Å². The van der Waals surface area contributed by atoms with Crippen molar-refractivity contribution in [1.29, 1.82) is 0 Å². The Bertz CT molecular complexity index is 657. The van der Waals surface area contributed by atoms with E-state index >= 15 is 0 Å². The number of nitrogens with one attached hydrogen (secondary N) is 1. The van der Waals surface area contributed by atoms with Gasteiger partial charge in [0.05, 0.1) is 14.2 Å². The van der Waals surface area contributed by atoms with Crippen molar-refractivity contribution in [1.82, 2.24) is 9.97 Å². The normalized spacial score (nSPS) is 10.1. The van der Waals surface area contributed by atoms with E-state index in [1.807, 2.05) is 0 Å². The number of halogens is 2. The van der Waals surface area contributed by atoms with Crippen LogP contribution in [-0.2, 0) is 0 Å². The molecule has 0 bridgehead atoms. The number of nitrogens with zero attached hydrogens (tertiary/aromatic N) is 2. The van der Waals surface area contributed by atoms with E-state index in [9.17, 15) is 4.79 Å². The fourth-order valence-corrected chi connectivity index (χ4v) is 1.83. The van der Waals surface area contributed by atoms with Crippen molar-refractivity contribution in [3.05, 3.63) is 40.3 Å². The van der Waals surface area contributed by atoms with Crippen molar-refractivity contribution in [2.45, 2.75) is 0 Å². The summed E-state index contributed by atoms with van der Waals surface area (Å²) >= 11 is 11.7. The Hall–Kier alpha value is -2.05. The minimum Gasteiger partial charge on any atom is -0.497 e. The molecule has 0 unspecified atom stereocenters. The highest BCUT2D eigenvalue weighted by atomic mass is 35.5. The summed E-state index contributed by atoms with van der Waals surface area (Å²) in [6.45, 7) is 0. The second-order valence-electron chi connectivity index (χ2n) is 3.88. The fraction of sp³-hybridized carbons (Fsp3) is 0.154. The first kappa shape index (κ1) is 15.3. The van der Waals surface area contributed by atoms with Crippen molar-refractivity contribution < 1.29 is 14.3 Å². The highest BCUT2D eigenvalue weighted by molar-refractivity contribution is 6.43. The van der Waals surface area contributed by atoms with Crippen molar-refractivity contribution in [2.24, 2.45) is 0 Å². The average molecular weight is 328 g/mol. The van der Waals surface area contributed by atoms with Crippen LogP contribution in [0.25, 0.3) is 0 Å². The topological polar surface area (TPSA) is 73.3 Å². The summed E-state index contributed by atoms with van der Waals surface area (Å²) in [6, 6.07) is 4.79. The number of anilines is 1.